The molecule has 2 aromatic rings. The number of hydrogen-bond acceptors (Lipinski definition) is 1. The molecule has 1 aromatic carbocycles. The standard InChI is InChI=1S/C16H21ClN2S/c1-2-11-6-8-12(9-7-11)10-19-14-5-3-4-13(17)15(14)18-16(19)20/h3-5,11-12H,2,6-10H2,1H3,(H,18,20). The Kier molecular flexibility index (Phi) is 4.18. The van der Waals surface area contributed by atoms with Crippen molar-refractivity contribution in [2.45, 2.75) is 45.6 Å². The molecule has 1 fully saturated rings. The van der Waals surface area contributed by atoms with Gasteiger partial charge in [0, 0.05) is 6.54 Å². The molecule has 0 radical (unpaired) electrons. The second-order valence-corrected chi connectivity index (χ2v) is 6.76. The van der Waals surface area contributed by atoms with Gasteiger partial charge < -0.3 is 9.55 Å². The van der Waals surface area contributed by atoms with E-state index in [-0.39, 0.29) is 0 Å². The molecule has 0 saturated heterocycles. The number of aromatic nitrogens is 2. The Morgan fingerprint density at radius 3 is 2.65 bits per heavy atom. The smallest absolute Gasteiger partial charge is 0.178 e. The van der Waals surface area contributed by atoms with Crippen molar-refractivity contribution >= 4 is 34.9 Å². The van der Waals surface area contributed by atoms with Crippen molar-refractivity contribution in [2.24, 2.45) is 11.8 Å². The van der Waals surface area contributed by atoms with Crippen LogP contribution < -0.4 is 0 Å². The number of nitrogens with one attached hydrogen (secondary N) is 1. The van der Waals surface area contributed by atoms with Crippen molar-refractivity contribution in [3.05, 3.63) is 28.0 Å². The average molecular weight is 309 g/mol. The van der Waals surface area contributed by atoms with Crippen LogP contribution >= 0.6 is 23.8 Å². The van der Waals surface area contributed by atoms with E-state index in [1.165, 1.54) is 32.1 Å². The lowest BCUT2D eigenvalue weighted by Gasteiger charge is -2.28. The number of fused-ring (bicyclic) bond motifs is 1. The molecule has 0 aliphatic heterocycles. The van der Waals surface area contributed by atoms with Crippen LogP contribution in [0.4, 0.5) is 0 Å². The van der Waals surface area contributed by atoms with Crippen molar-refractivity contribution in [1.29, 1.82) is 0 Å². The van der Waals surface area contributed by atoms with Gasteiger partial charge in [0.2, 0.25) is 0 Å². The van der Waals surface area contributed by atoms with Crippen LogP contribution in [0.5, 0.6) is 0 Å². The molecule has 0 atom stereocenters. The minimum absolute atomic E-state index is 0.752. The van der Waals surface area contributed by atoms with Crippen LogP contribution in [0.2, 0.25) is 5.02 Å². The Morgan fingerprint density at radius 1 is 1.25 bits per heavy atom. The number of benzene rings is 1. The molecular weight excluding hydrogens is 288 g/mol. The maximum Gasteiger partial charge on any atom is 0.178 e. The Labute approximate surface area is 130 Å². The second kappa shape index (κ2) is 5.90. The lowest BCUT2D eigenvalue weighted by molar-refractivity contribution is 0.248. The minimum atomic E-state index is 0.752. The summed E-state index contributed by atoms with van der Waals surface area (Å²) >= 11 is 11.7. The van der Waals surface area contributed by atoms with Gasteiger partial charge in [0.1, 0.15) is 0 Å². The van der Waals surface area contributed by atoms with Crippen LogP contribution in [0.1, 0.15) is 39.0 Å². The molecule has 0 unspecified atom stereocenters. The van der Waals surface area contributed by atoms with Gasteiger partial charge in [-0.1, -0.05) is 43.9 Å². The number of halogens is 1. The van der Waals surface area contributed by atoms with E-state index in [1.54, 1.807) is 0 Å². The third-order valence-electron chi connectivity index (χ3n) is 4.74. The minimum Gasteiger partial charge on any atom is -0.329 e. The summed E-state index contributed by atoms with van der Waals surface area (Å²) in [5.41, 5.74) is 2.11. The fourth-order valence-electron chi connectivity index (χ4n) is 3.41. The predicted molar refractivity (Wildman–Crippen MR) is 87.9 cm³/mol. The summed E-state index contributed by atoms with van der Waals surface area (Å²) in [6.45, 7) is 3.33. The highest BCUT2D eigenvalue weighted by molar-refractivity contribution is 7.71. The summed E-state index contributed by atoms with van der Waals surface area (Å²) in [6.07, 6.45) is 6.73. The molecule has 3 rings (SSSR count). The molecule has 0 amide bonds. The van der Waals surface area contributed by atoms with Crippen LogP contribution in [0.3, 0.4) is 0 Å². The lowest BCUT2D eigenvalue weighted by Crippen LogP contribution is -2.18. The number of rotatable bonds is 3. The third kappa shape index (κ3) is 2.66. The van der Waals surface area contributed by atoms with Gasteiger partial charge in [-0.05, 0) is 49.0 Å². The first-order chi connectivity index (χ1) is 9.69. The zero-order valence-electron chi connectivity index (χ0n) is 11.9. The summed E-state index contributed by atoms with van der Waals surface area (Å²) in [6, 6.07) is 6.01. The Morgan fingerprint density at radius 2 is 1.95 bits per heavy atom. The van der Waals surface area contributed by atoms with Crippen LogP contribution in [-0.4, -0.2) is 9.55 Å². The van der Waals surface area contributed by atoms with E-state index in [4.69, 9.17) is 23.8 Å². The van der Waals surface area contributed by atoms with Gasteiger partial charge in [-0.2, -0.15) is 0 Å². The quantitative estimate of drug-likeness (QED) is 0.735. The van der Waals surface area contributed by atoms with Gasteiger partial charge in [0.25, 0.3) is 0 Å². The summed E-state index contributed by atoms with van der Waals surface area (Å²) in [5, 5.41) is 0.752. The van der Waals surface area contributed by atoms with Gasteiger partial charge in [-0.15, -0.1) is 0 Å². The largest absolute Gasteiger partial charge is 0.329 e. The predicted octanol–water partition coefficient (Wildman–Crippen LogP) is 5.57. The normalized spacial score (nSPS) is 23.3. The third-order valence-corrected chi connectivity index (χ3v) is 5.38. The Balaban J connectivity index is 1.83. The number of aromatic amines is 1. The van der Waals surface area contributed by atoms with Crippen molar-refractivity contribution in [2.75, 3.05) is 0 Å². The first-order valence-electron chi connectivity index (χ1n) is 7.56. The first-order valence-corrected chi connectivity index (χ1v) is 8.34. The Hall–Kier alpha value is -0.800. The van der Waals surface area contributed by atoms with Crippen LogP contribution in [0.25, 0.3) is 11.0 Å². The SMILES string of the molecule is CCC1CCC(Cn2c(=S)[nH]c3c(Cl)cccc32)CC1. The van der Waals surface area contributed by atoms with Crippen LogP contribution in [-0.2, 0) is 6.54 Å². The van der Waals surface area contributed by atoms with E-state index in [2.05, 4.69) is 22.5 Å². The average Bonchev–Trinajstić information content (AvgIpc) is 2.78. The second-order valence-electron chi connectivity index (χ2n) is 5.97. The maximum absolute atomic E-state index is 6.23. The maximum atomic E-state index is 6.23. The van der Waals surface area contributed by atoms with E-state index in [0.29, 0.717) is 0 Å². The topological polar surface area (TPSA) is 20.7 Å². The molecule has 1 aromatic heterocycles. The van der Waals surface area contributed by atoms with Gasteiger partial charge in [-0.3, -0.25) is 0 Å². The molecule has 4 heteroatoms. The summed E-state index contributed by atoms with van der Waals surface area (Å²) in [4.78, 5) is 3.25. The molecule has 1 saturated carbocycles. The van der Waals surface area contributed by atoms with Gasteiger partial charge in [0.05, 0.1) is 16.1 Å². The molecule has 0 spiro atoms. The van der Waals surface area contributed by atoms with Crippen LogP contribution in [0.15, 0.2) is 18.2 Å². The molecule has 20 heavy (non-hydrogen) atoms. The highest BCUT2D eigenvalue weighted by Gasteiger charge is 2.21. The molecule has 1 heterocycles. The number of imidazole rings is 1. The molecule has 1 N–H and O–H groups in total. The van der Waals surface area contributed by atoms with Crippen LogP contribution in [0, 0.1) is 16.6 Å². The molecule has 1 aliphatic rings. The molecule has 1 aliphatic carbocycles. The number of H-pyrrole nitrogens is 1. The fraction of sp³-hybridized carbons (Fsp3) is 0.562. The highest BCUT2D eigenvalue weighted by atomic mass is 35.5. The summed E-state index contributed by atoms with van der Waals surface area (Å²) in [7, 11) is 0. The van der Waals surface area contributed by atoms with Gasteiger partial charge in [0.15, 0.2) is 4.77 Å². The van der Waals surface area contributed by atoms with E-state index in [9.17, 15) is 0 Å². The number of hydrogen-bond donors (Lipinski definition) is 1. The monoisotopic (exact) mass is 308 g/mol. The van der Waals surface area contributed by atoms with E-state index < -0.39 is 0 Å². The molecule has 0 bridgehead atoms. The zero-order valence-corrected chi connectivity index (χ0v) is 13.4. The van der Waals surface area contributed by atoms with Crippen molar-refractivity contribution < 1.29 is 0 Å². The Bertz CT molecular complexity index is 650. The van der Waals surface area contributed by atoms with E-state index in [1.807, 2.05) is 12.1 Å². The lowest BCUT2D eigenvalue weighted by atomic mass is 9.81. The summed E-state index contributed by atoms with van der Waals surface area (Å²) < 4.78 is 3.03. The molecule has 2 nitrogen and oxygen atoms in total. The fourth-order valence-corrected chi connectivity index (χ4v) is 3.90. The summed E-state index contributed by atoms with van der Waals surface area (Å²) in [5.74, 6) is 1.69. The van der Waals surface area contributed by atoms with E-state index in [0.717, 1.165) is 39.2 Å². The van der Waals surface area contributed by atoms with Gasteiger partial charge >= 0.3 is 0 Å². The van der Waals surface area contributed by atoms with E-state index >= 15 is 0 Å². The highest BCUT2D eigenvalue weighted by Crippen LogP contribution is 2.32. The first kappa shape index (κ1) is 14.2. The van der Waals surface area contributed by atoms with Crippen molar-refractivity contribution in [3.63, 3.8) is 0 Å². The molecule has 108 valence electrons. The number of nitrogens with zero attached hydrogens (tertiary/aromatic N) is 1. The van der Waals surface area contributed by atoms with Gasteiger partial charge in [-0.25, -0.2) is 0 Å². The number of para-hydroxylation sites is 1. The molecular formula is C16H21ClN2S. The van der Waals surface area contributed by atoms with Crippen molar-refractivity contribution in [3.8, 4) is 0 Å². The van der Waals surface area contributed by atoms with Crippen molar-refractivity contribution in [1.82, 2.24) is 9.55 Å². The zero-order chi connectivity index (χ0) is 14.1.